The molecule has 2 aromatic carbocycles. The summed E-state index contributed by atoms with van der Waals surface area (Å²) in [4.78, 5) is 24.1. The van der Waals surface area contributed by atoms with Gasteiger partial charge in [-0.3, -0.25) is 9.52 Å². The van der Waals surface area contributed by atoms with E-state index in [1.807, 2.05) is 43.3 Å². The minimum Gasteiger partial charge on any atom is -0.322 e. The molecule has 0 bridgehead atoms. The molecule has 5 rings (SSSR count). The number of pyridine rings is 1. The standard InChI is InChI=1S/C24H18N4O3S3/c1-15-6-11-22(33-15)21-14-19(18-4-2-3-5-20(18)27-21)23(29)26-16-7-9-17(10-8-16)34(30,31)28-24-25-12-13-32-24/h2-14H,1H3,(H,25,28)(H,26,29). The second-order valence-electron chi connectivity index (χ2n) is 7.40. The zero-order valence-corrected chi connectivity index (χ0v) is 20.3. The maximum Gasteiger partial charge on any atom is 0.263 e. The van der Waals surface area contributed by atoms with E-state index >= 15 is 0 Å². The Morgan fingerprint density at radius 2 is 1.79 bits per heavy atom. The Bertz CT molecular complexity index is 1590. The molecule has 0 aliphatic carbocycles. The molecule has 34 heavy (non-hydrogen) atoms. The van der Waals surface area contributed by atoms with Crippen LogP contribution in [0.25, 0.3) is 21.5 Å². The molecule has 0 spiro atoms. The number of sulfonamides is 1. The quantitative estimate of drug-likeness (QED) is 0.304. The number of amides is 1. The summed E-state index contributed by atoms with van der Waals surface area (Å²) in [6.45, 7) is 2.03. The van der Waals surface area contributed by atoms with Crippen molar-refractivity contribution in [2.45, 2.75) is 11.8 Å². The summed E-state index contributed by atoms with van der Waals surface area (Å²) in [5.41, 5.74) is 2.43. The average Bonchev–Trinajstić information content (AvgIpc) is 3.50. The van der Waals surface area contributed by atoms with Crippen LogP contribution in [0.1, 0.15) is 15.2 Å². The number of aromatic nitrogens is 2. The van der Waals surface area contributed by atoms with Crippen LogP contribution >= 0.6 is 22.7 Å². The smallest absolute Gasteiger partial charge is 0.263 e. The Labute approximate surface area is 204 Å². The zero-order valence-electron chi connectivity index (χ0n) is 17.8. The largest absolute Gasteiger partial charge is 0.322 e. The number of carbonyl (C=O) groups excluding carboxylic acids is 1. The van der Waals surface area contributed by atoms with Crippen LogP contribution in [0.15, 0.2) is 83.2 Å². The van der Waals surface area contributed by atoms with Crippen molar-refractivity contribution in [3.63, 3.8) is 0 Å². The molecule has 3 aromatic heterocycles. The molecule has 0 saturated carbocycles. The summed E-state index contributed by atoms with van der Waals surface area (Å²) in [7, 11) is -3.77. The molecule has 10 heteroatoms. The first kappa shape index (κ1) is 22.2. The van der Waals surface area contributed by atoms with E-state index in [1.165, 1.54) is 29.7 Å². The maximum absolute atomic E-state index is 13.2. The van der Waals surface area contributed by atoms with Gasteiger partial charge in [-0.05, 0) is 55.5 Å². The van der Waals surface area contributed by atoms with Gasteiger partial charge in [0.1, 0.15) is 0 Å². The third-order valence-electron chi connectivity index (χ3n) is 5.03. The molecule has 0 unspecified atom stereocenters. The molecular weight excluding hydrogens is 488 g/mol. The van der Waals surface area contributed by atoms with Crippen molar-refractivity contribution in [3.8, 4) is 10.6 Å². The molecule has 0 aliphatic rings. The molecule has 3 heterocycles. The van der Waals surface area contributed by atoms with Gasteiger partial charge in [0.15, 0.2) is 5.13 Å². The van der Waals surface area contributed by atoms with Crippen LogP contribution in [-0.4, -0.2) is 24.3 Å². The van der Waals surface area contributed by atoms with Crippen molar-refractivity contribution in [1.29, 1.82) is 0 Å². The fourth-order valence-electron chi connectivity index (χ4n) is 3.43. The second kappa shape index (κ2) is 8.98. The molecule has 0 radical (unpaired) electrons. The number of para-hydroxylation sites is 1. The number of anilines is 2. The molecular formula is C24H18N4O3S3. The van der Waals surface area contributed by atoms with E-state index in [4.69, 9.17) is 4.98 Å². The van der Waals surface area contributed by atoms with E-state index < -0.39 is 10.0 Å². The first-order valence-corrected chi connectivity index (χ1v) is 13.4. The Balaban J connectivity index is 1.42. The molecule has 5 aromatic rings. The summed E-state index contributed by atoms with van der Waals surface area (Å²) in [6.07, 6.45) is 1.52. The highest BCUT2D eigenvalue weighted by atomic mass is 32.2. The number of hydrogen-bond acceptors (Lipinski definition) is 7. The van der Waals surface area contributed by atoms with Gasteiger partial charge in [0.25, 0.3) is 15.9 Å². The number of rotatable bonds is 6. The number of fused-ring (bicyclic) bond motifs is 1. The van der Waals surface area contributed by atoms with E-state index in [0.717, 1.165) is 26.4 Å². The van der Waals surface area contributed by atoms with E-state index in [9.17, 15) is 13.2 Å². The van der Waals surface area contributed by atoms with E-state index in [2.05, 4.69) is 15.0 Å². The van der Waals surface area contributed by atoms with Crippen LogP contribution in [0.2, 0.25) is 0 Å². The first-order valence-electron chi connectivity index (χ1n) is 10.2. The lowest BCUT2D eigenvalue weighted by molar-refractivity contribution is 0.102. The maximum atomic E-state index is 13.2. The summed E-state index contributed by atoms with van der Waals surface area (Å²) in [6, 6.07) is 19.3. The van der Waals surface area contributed by atoms with Crippen molar-refractivity contribution in [3.05, 3.63) is 88.7 Å². The van der Waals surface area contributed by atoms with Gasteiger partial charge in [-0.25, -0.2) is 18.4 Å². The number of thiophene rings is 1. The van der Waals surface area contributed by atoms with E-state index in [0.29, 0.717) is 16.4 Å². The monoisotopic (exact) mass is 506 g/mol. The van der Waals surface area contributed by atoms with E-state index in [1.54, 1.807) is 34.9 Å². The number of nitrogens with one attached hydrogen (secondary N) is 2. The topological polar surface area (TPSA) is 101 Å². The van der Waals surface area contributed by atoms with Crippen LogP contribution in [0.5, 0.6) is 0 Å². The fraction of sp³-hybridized carbons (Fsp3) is 0.0417. The van der Waals surface area contributed by atoms with Gasteiger partial charge in [0, 0.05) is 27.5 Å². The normalized spacial score (nSPS) is 11.4. The van der Waals surface area contributed by atoms with Crippen LogP contribution in [0.4, 0.5) is 10.8 Å². The van der Waals surface area contributed by atoms with Crippen LogP contribution in [0.3, 0.4) is 0 Å². The van der Waals surface area contributed by atoms with Gasteiger partial charge >= 0.3 is 0 Å². The van der Waals surface area contributed by atoms with Gasteiger partial charge in [0.2, 0.25) is 0 Å². The van der Waals surface area contributed by atoms with Crippen LogP contribution in [0, 0.1) is 6.92 Å². The SMILES string of the molecule is Cc1ccc(-c2cc(C(=O)Nc3ccc(S(=O)(=O)Nc4nccs4)cc3)c3ccccc3n2)s1. The molecule has 0 atom stereocenters. The van der Waals surface area contributed by atoms with Crippen molar-refractivity contribution in [1.82, 2.24) is 9.97 Å². The molecule has 0 saturated heterocycles. The summed E-state index contributed by atoms with van der Waals surface area (Å²) in [5.74, 6) is -0.301. The Hall–Kier alpha value is -3.60. The van der Waals surface area contributed by atoms with Crippen molar-refractivity contribution in [2.75, 3.05) is 10.0 Å². The van der Waals surface area contributed by atoms with Crippen LogP contribution in [-0.2, 0) is 10.0 Å². The second-order valence-corrected chi connectivity index (χ2v) is 11.3. The number of benzene rings is 2. The van der Waals surface area contributed by atoms with Crippen molar-refractivity contribution in [2.24, 2.45) is 0 Å². The highest BCUT2D eigenvalue weighted by Crippen LogP contribution is 2.30. The lowest BCUT2D eigenvalue weighted by atomic mass is 10.1. The van der Waals surface area contributed by atoms with Gasteiger partial charge in [-0.15, -0.1) is 22.7 Å². The fourth-order valence-corrected chi connectivity index (χ4v) is 6.04. The molecule has 1 amide bonds. The van der Waals surface area contributed by atoms with Crippen molar-refractivity contribution < 1.29 is 13.2 Å². The Kier molecular flexibility index (Phi) is 5.86. The minimum atomic E-state index is -3.77. The zero-order chi connectivity index (χ0) is 23.7. The average molecular weight is 507 g/mol. The predicted octanol–water partition coefficient (Wildman–Crippen LogP) is 5.78. The lowest BCUT2D eigenvalue weighted by Crippen LogP contribution is -2.14. The summed E-state index contributed by atoms with van der Waals surface area (Å²) in [5, 5.41) is 5.58. The molecule has 0 aliphatic heterocycles. The van der Waals surface area contributed by atoms with Gasteiger partial charge in [0.05, 0.1) is 26.5 Å². The van der Waals surface area contributed by atoms with Gasteiger partial charge in [-0.1, -0.05) is 18.2 Å². The Morgan fingerprint density at radius 1 is 1.00 bits per heavy atom. The third kappa shape index (κ3) is 4.56. The number of hydrogen-bond donors (Lipinski definition) is 2. The molecule has 0 fully saturated rings. The van der Waals surface area contributed by atoms with Gasteiger partial charge in [-0.2, -0.15) is 0 Å². The highest BCUT2D eigenvalue weighted by molar-refractivity contribution is 7.93. The highest BCUT2D eigenvalue weighted by Gasteiger charge is 2.17. The lowest BCUT2D eigenvalue weighted by Gasteiger charge is -2.11. The third-order valence-corrected chi connectivity index (χ3v) is 8.23. The number of thiazole rings is 1. The number of carbonyl (C=O) groups is 1. The molecule has 2 N–H and O–H groups in total. The molecule has 170 valence electrons. The first-order chi connectivity index (χ1) is 16.4. The number of aryl methyl sites for hydroxylation is 1. The minimum absolute atomic E-state index is 0.0745. The summed E-state index contributed by atoms with van der Waals surface area (Å²) >= 11 is 2.81. The molecule has 7 nitrogen and oxygen atoms in total. The van der Waals surface area contributed by atoms with Gasteiger partial charge < -0.3 is 5.32 Å². The Morgan fingerprint density at radius 3 is 2.50 bits per heavy atom. The van der Waals surface area contributed by atoms with Crippen LogP contribution < -0.4 is 10.0 Å². The summed E-state index contributed by atoms with van der Waals surface area (Å²) < 4.78 is 27.5. The van der Waals surface area contributed by atoms with E-state index in [-0.39, 0.29) is 10.8 Å². The predicted molar refractivity (Wildman–Crippen MR) is 137 cm³/mol. The van der Waals surface area contributed by atoms with Crippen molar-refractivity contribution >= 4 is 60.3 Å². The number of nitrogens with zero attached hydrogens (tertiary/aromatic N) is 2.